The number of ether oxygens (including phenoxy) is 1. The quantitative estimate of drug-likeness (QED) is 0.806. The van der Waals surface area contributed by atoms with E-state index in [0.717, 1.165) is 45.2 Å². The first kappa shape index (κ1) is 14.6. The third-order valence-corrected chi connectivity index (χ3v) is 5.06. The van der Waals surface area contributed by atoms with Gasteiger partial charge in [-0.2, -0.15) is 0 Å². The van der Waals surface area contributed by atoms with Crippen LogP contribution in [0.15, 0.2) is 12.2 Å². The highest BCUT2D eigenvalue weighted by Gasteiger charge is 2.37. The van der Waals surface area contributed by atoms with Gasteiger partial charge in [-0.05, 0) is 44.4 Å². The van der Waals surface area contributed by atoms with Crippen molar-refractivity contribution in [2.45, 2.75) is 50.7 Å². The van der Waals surface area contributed by atoms with E-state index in [1.165, 1.54) is 0 Å². The van der Waals surface area contributed by atoms with Gasteiger partial charge in [0, 0.05) is 19.0 Å². The van der Waals surface area contributed by atoms with Crippen molar-refractivity contribution in [1.29, 1.82) is 0 Å². The Morgan fingerprint density at radius 3 is 2.29 bits per heavy atom. The van der Waals surface area contributed by atoms with Crippen LogP contribution in [0.1, 0.15) is 38.5 Å². The van der Waals surface area contributed by atoms with Crippen molar-refractivity contribution >= 4 is 11.9 Å². The summed E-state index contributed by atoms with van der Waals surface area (Å²) in [6.07, 6.45) is 8.70. The Kier molecular flexibility index (Phi) is 4.29. The number of rotatable bonds is 3. The maximum absolute atomic E-state index is 12.3. The maximum atomic E-state index is 12.3. The van der Waals surface area contributed by atoms with Gasteiger partial charge in [0.15, 0.2) is 6.10 Å². The van der Waals surface area contributed by atoms with Gasteiger partial charge in [0.25, 0.3) is 0 Å². The zero-order valence-corrected chi connectivity index (χ0v) is 12.2. The van der Waals surface area contributed by atoms with Gasteiger partial charge in [0.1, 0.15) is 0 Å². The molecule has 1 amide bonds. The Labute approximate surface area is 124 Å². The van der Waals surface area contributed by atoms with Crippen LogP contribution in [0.2, 0.25) is 0 Å². The molecule has 21 heavy (non-hydrogen) atoms. The number of aliphatic carboxylic acids is 1. The van der Waals surface area contributed by atoms with Crippen LogP contribution in [0.5, 0.6) is 0 Å². The minimum absolute atomic E-state index is 0.0662. The van der Waals surface area contributed by atoms with Gasteiger partial charge in [-0.3, -0.25) is 4.79 Å². The summed E-state index contributed by atoms with van der Waals surface area (Å²) < 4.78 is 5.64. The Bertz CT molecular complexity index is 432. The fraction of sp³-hybridized carbons (Fsp3) is 0.750. The smallest absolute Gasteiger partial charge is 0.332 e. The molecule has 0 aromatic heterocycles. The number of carbonyl (C=O) groups excluding carboxylic acids is 1. The minimum Gasteiger partial charge on any atom is -0.479 e. The second-order valence-corrected chi connectivity index (χ2v) is 6.38. The van der Waals surface area contributed by atoms with Gasteiger partial charge in [0.05, 0.1) is 6.10 Å². The van der Waals surface area contributed by atoms with Crippen molar-refractivity contribution < 1.29 is 19.4 Å². The normalized spacial score (nSPS) is 31.0. The fourth-order valence-electron chi connectivity index (χ4n) is 3.76. The molecule has 0 aromatic rings. The zero-order valence-electron chi connectivity index (χ0n) is 12.2. The van der Waals surface area contributed by atoms with E-state index in [1.807, 2.05) is 4.90 Å². The van der Waals surface area contributed by atoms with E-state index < -0.39 is 12.1 Å². The molecule has 0 saturated carbocycles. The van der Waals surface area contributed by atoms with Crippen molar-refractivity contribution in [3.05, 3.63) is 12.2 Å². The molecule has 5 heteroatoms. The summed E-state index contributed by atoms with van der Waals surface area (Å²) in [5.74, 6) is -0.00572. The molecule has 1 aliphatic carbocycles. The number of piperidine rings is 1. The Morgan fingerprint density at radius 1 is 1.05 bits per heavy atom. The lowest BCUT2D eigenvalue weighted by molar-refractivity contribution is -0.151. The van der Waals surface area contributed by atoms with E-state index in [1.54, 1.807) is 0 Å². The molecule has 116 valence electrons. The molecule has 1 N–H and O–H groups in total. The molecular weight excluding hydrogens is 270 g/mol. The molecule has 0 bridgehead atoms. The van der Waals surface area contributed by atoms with E-state index in [-0.39, 0.29) is 17.9 Å². The first-order valence-corrected chi connectivity index (χ1v) is 7.97. The van der Waals surface area contributed by atoms with Crippen molar-refractivity contribution in [2.24, 2.45) is 11.8 Å². The van der Waals surface area contributed by atoms with Gasteiger partial charge in [-0.15, -0.1) is 0 Å². The standard InChI is InChI=1S/C16H23NO4/c18-15(12-3-1-2-4-12)17-9-7-11(8-10-17)13-5-6-14(21-13)16(19)20/h1-2,11-14H,3-10H2,(H,19,20)/t13-,14+/m1/s1. The Hall–Kier alpha value is -1.36. The summed E-state index contributed by atoms with van der Waals surface area (Å²) in [5.41, 5.74) is 0. The number of hydrogen-bond donors (Lipinski definition) is 1. The van der Waals surface area contributed by atoms with Crippen LogP contribution in [0, 0.1) is 11.8 Å². The molecule has 0 unspecified atom stereocenters. The summed E-state index contributed by atoms with van der Waals surface area (Å²) in [4.78, 5) is 25.3. The summed E-state index contributed by atoms with van der Waals surface area (Å²) in [7, 11) is 0. The van der Waals surface area contributed by atoms with Crippen molar-refractivity contribution in [3.8, 4) is 0 Å². The molecular formula is C16H23NO4. The van der Waals surface area contributed by atoms with Gasteiger partial charge in [-0.1, -0.05) is 12.2 Å². The lowest BCUT2D eigenvalue weighted by Crippen LogP contribution is -2.43. The van der Waals surface area contributed by atoms with Gasteiger partial charge in [0.2, 0.25) is 5.91 Å². The number of nitrogens with zero attached hydrogens (tertiary/aromatic N) is 1. The van der Waals surface area contributed by atoms with Gasteiger partial charge >= 0.3 is 5.97 Å². The van der Waals surface area contributed by atoms with E-state index in [2.05, 4.69) is 12.2 Å². The van der Waals surface area contributed by atoms with Crippen LogP contribution in [-0.4, -0.2) is 47.2 Å². The van der Waals surface area contributed by atoms with Crippen LogP contribution in [-0.2, 0) is 14.3 Å². The number of likely N-dealkylation sites (tertiary alicyclic amines) is 1. The second-order valence-electron chi connectivity index (χ2n) is 6.38. The summed E-state index contributed by atoms with van der Waals surface area (Å²) >= 11 is 0. The molecule has 0 aromatic carbocycles. The van der Waals surface area contributed by atoms with Crippen molar-refractivity contribution in [2.75, 3.05) is 13.1 Å². The Balaban J connectivity index is 1.47. The number of carboxylic acids is 1. The summed E-state index contributed by atoms with van der Waals surface area (Å²) in [6, 6.07) is 0. The predicted molar refractivity (Wildman–Crippen MR) is 76.7 cm³/mol. The van der Waals surface area contributed by atoms with Gasteiger partial charge < -0.3 is 14.7 Å². The van der Waals surface area contributed by atoms with Crippen LogP contribution >= 0.6 is 0 Å². The molecule has 5 nitrogen and oxygen atoms in total. The Morgan fingerprint density at radius 2 is 1.71 bits per heavy atom. The molecule has 2 fully saturated rings. The zero-order chi connectivity index (χ0) is 14.8. The molecule has 3 rings (SSSR count). The highest BCUT2D eigenvalue weighted by molar-refractivity contribution is 5.79. The number of carbonyl (C=O) groups is 2. The number of allylic oxidation sites excluding steroid dienone is 2. The molecule has 0 radical (unpaired) electrons. The van der Waals surface area contributed by atoms with E-state index in [0.29, 0.717) is 12.3 Å². The maximum Gasteiger partial charge on any atom is 0.332 e. The van der Waals surface area contributed by atoms with Gasteiger partial charge in [-0.25, -0.2) is 4.79 Å². The highest BCUT2D eigenvalue weighted by Crippen LogP contribution is 2.32. The number of amides is 1. The van der Waals surface area contributed by atoms with E-state index >= 15 is 0 Å². The summed E-state index contributed by atoms with van der Waals surface area (Å²) in [6.45, 7) is 1.58. The van der Waals surface area contributed by atoms with Crippen LogP contribution in [0.3, 0.4) is 0 Å². The summed E-state index contributed by atoms with van der Waals surface area (Å²) in [5, 5.41) is 8.98. The largest absolute Gasteiger partial charge is 0.479 e. The van der Waals surface area contributed by atoms with Crippen molar-refractivity contribution in [3.63, 3.8) is 0 Å². The molecule has 2 heterocycles. The molecule has 3 aliphatic rings. The minimum atomic E-state index is -0.848. The second kappa shape index (κ2) is 6.18. The fourth-order valence-corrected chi connectivity index (χ4v) is 3.76. The number of carboxylic acid groups (broad SMARTS) is 1. The number of hydrogen-bond acceptors (Lipinski definition) is 3. The SMILES string of the molecule is O=C(O)[C@@H]1CC[C@H](C2CCN(C(=O)C3CC=CC3)CC2)O1. The van der Waals surface area contributed by atoms with Crippen LogP contribution < -0.4 is 0 Å². The van der Waals surface area contributed by atoms with E-state index in [9.17, 15) is 9.59 Å². The third-order valence-electron chi connectivity index (χ3n) is 5.06. The predicted octanol–water partition coefficient (Wildman–Crippen LogP) is 1.82. The first-order chi connectivity index (χ1) is 10.1. The average molecular weight is 293 g/mol. The average Bonchev–Trinajstić information content (AvgIpc) is 3.18. The van der Waals surface area contributed by atoms with E-state index in [4.69, 9.17) is 9.84 Å². The lowest BCUT2D eigenvalue weighted by Gasteiger charge is -2.35. The molecule has 2 aliphatic heterocycles. The molecule has 0 spiro atoms. The third kappa shape index (κ3) is 3.12. The highest BCUT2D eigenvalue weighted by atomic mass is 16.5. The molecule has 2 atom stereocenters. The lowest BCUT2D eigenvalue weighted by atomic mass is 9.89. The van der Waals surface area contributed by atoms with Crippen LogP contribution in [0.4, 0.5) is 0 Å². The van der Waals surface area contributed by atoms with Crippen LogP contribution in [0.25, 0.3) is 0 Å². The first-order valence-electron chi connectivity index (χ1n) is 7.97. The topological polar surface area (TPSA) is 66.8 Å². The van der Waals surface area contributed by atoms with Crippen molar-refractivity contribution in [1.82, 2.24) is 4.90 Å². The monoisotopic (exact) mass is 293 g/mol. The molecule has 2 saturated heterocycles.